The van der Waals surface area contributed by atoms with E-state index in [0.29, 0.717) is 12.5 Å². The maximum Gasteiger partial charge on any atom is 0.0433 e. The lowest BCUT2D eigenvalue weighted by Gasteiger charge is -2.07. The van der Waals surface area contributed by atoms with Crippen LogP contribution in [-0.2, 0) is 0 Å². The summed E-state index contributed by atoms with van der Waals surface area (Å²) in [5.74, 6) is 0.694. The van der Waals surface area contributed by atoms with Crippen molar-refractivity contribution in [1.82, 2.24) is 0 Å². The topological polar surface area (TPSA) is 20.2 Å². The fourth-order valence-corrected chi connectivity index (χ4v) is 1.52. The minimum atomic E-state index is 0.345. The Hall–Kier alpha value is -0.300. The van der Waals surface area contributed by atoms with Gasteiger partial charge >= 0.3 is 0 Å². The quantitative estimate of drug-likeness (QED) is 0.440. The highest BCUT2D eigenvalue weighted by Gasteiger charge is 1.99. The molecule has 0 fully saturated rings. The molecule has 84 valence electrons. The van der Waals surface area contributed by atoms with E-state index in [2.05, 4.69) is 26.0 Å². The highest BCUT2D eigenvalue weighted by molar-refractivity contribution is 4.80. The Labute approximate surface area is 89.2 Å². The summed E-state index contributed by atoms with van der Waals surface area (Å²) in [6, 6.07) is 0. The molecule has 0 bridgehead atoms. The van der Waals surface area contributed by atoms with Gasteiger partial charge in [-0.15, -0.1) is 0 Å². The first kappa shape index (κ1) is 13.7. The van der Waals surface area contributed by atoms with E-state index in [9.17, 15) is 0 Å². The Morgan fingerprint density at radius 2 is 1.79 bits per heavy atom. The Morgan fingerprint density at radius 3 is 2.43 bits per heavy atom. The smallest absolute Gasteiger partial charge is 0.0433 e. The molecule has 0 aliphatic heterocycles. The van der Waals surface area contributed by atoms with E-state index in [-0.39, 0.29) is 0 Å². The van der Waals surface area contributed by atoms with Gasteiger partial charge in [0.15, 0.2) is 0 Å². The van der Waals surface area contributed by atoms with E-state index in [1.165, 1.54) is 38.5 Å². The number of hydrogen-bond acceptors (Lipinski definition) is 1. The minimum Gasteiger partial charge on any atom is -0.396 e. The van der Waals surface area contributed by atoms with E-state index < -0.39 is 0 Å². The molecule has 0 saturated heterocycles. The van der Waals surface area contributed by atoms with Crippen molar-refractivity contribution in [1.29, 1.82) is 0 Å². The standard InChI is InChI=1S/C13H26O/c1-3-4-5-6-7-8-9-10-13(2)11-12-14/h5-6,13-14H,3-4,7-12H2,1-2H3. The van der Waals surface area contributed by atoms with E-state index in [1.54, 1.807) is 0 Å². The SMILES string of the molecule is CCCC=CCCCCC(C)CCO. The zero-order chi connectivity index (χ0) is 10.6. The van der Waals surface area contributed by atoms with Crippen molar-refractivity contribution in [3.05, 3.63) is 12.2 Å². The summed E-state index contributed by atoms with van der Waals surface area (Å²) in [5.41, 5.74) is 0. The van der Waals surface area contributed by atoms with Gasteiger partial charge in [-0.3, -0.25) is 0 Å². The number of unbranched alkanes of at least 4 members (excludes halogenated alkanes) is 3. The molecule has 0 saturated carbocycles. The summed E-state index contributed by atoms with van der Waals surface area (Å²) < 4.78 is 0. The van der Waals surface area contributed by atoms with Crippen LogP contribution in [0, 0.1) is 5.92 Å². The zero-order valence-electron chi connectivity index (χ0n) is 9.84. The van der Waals surface area contributed by atoms with Crippen molar-refractivity contribution >= 4 is 0 Å². The molecule has 0 rings (SSSR count). The van der Waals surface area contributed by atoms with Crippen LogP contribution < -0.4 is 0 Å². The van der Waals surface area contributed by atoms with Gasteiger partial charge in [-0.2, -0.15) is 0 Å². The Morgan fingerprint density at radius 1 is 1.07 bits per heavy atom. The van der Waals surface area contributed by atoms with Gasteiger partial charge in [0.1, 0.15) is 0 Å². The zero-order valence-corrected chi connectivity index (χ0v) is 9.84. The number of hydrogen-bond donors (Lipinski definition) is 1. The lowest BCUT2D eigenvalue weighted by atomic mass is 10.0. The molecule has 0 aromatic rings. The largest absolute Gasteiger partial charge is 0.396 e. The number of aliphatic hydroxyl groups excluding tert-OH is 1. The maximum atomic E-state index is 8.73. The number of aliphatic hydroxyl groups is 1. The third-order valence-corrected chi connectivity index (χ3v) is 2.56. The molecule has 14 heavy (non-hydrogen) atoms. The van der Waals surface area contributed by atoms with Gasteiger partial charge in [-0.05, 0) is 31.6 Å². The van der Waals surface area contributed by atoms with Crippen LogP contribution in [0.15, 0.2) is 12.2 Å². The summed E-state index contributed by atoms with van der Waals surface area (Å²) >= 11 is 0. The molecule has 0 aliphatic carbocycles. The van der Waals surface area contributed by atoms with Crippen LogP contribution in [0.1, 0.15) is 58.8 Å². The first-order valence-corrected chi connectivity index (χ1v) is 6.07. The van der Waals surface area contributed by atoms with Crippen LogP contribution in [0.4, 0.5) is 0 Å². The van der Waals surface area contributed by atoms with Gasteiger partial charge in [0, 0.05) is 6.61 Å². The van der Waals surface area contributed by atoms with E-state index in [4.69, 9.17) is 5.11 Å². The molecule has 0 aromatic carbocycles. The molecule has 0 aliphatic rings. The number of rotatable bonds is 9. The Bertz CT molecular complexity index is 129. The molecule has 1 N–H and O–H groups in total. The molecule has 0 spiro atoms. The van der Waals surface area contributed by atoms with Gasteiger partial charge in [0.2, 0.25) is 0 Å². The van der Waals surface area contributed by atoms with Crippen molar-refractivity contribution in [2.45, 2.75) is 58.8 Å². The predicted octanol–water partition coefficient (Wildman–Crippen LogP) is 3.92. The molecule has 0 amide bonds. The van der Waals surface area contributed by atoms with Crippen molar-refractivity contribution in [2.24, 2.45) is 5.92 Å². The summed E-state index contributed by atoms with van der Waals surface area (Å²) in [5, 5.41) is 8.73. The molecule has 1 unspecified atom stereocenters. The predicted molar refractivity (Wildman–Crippen MR) is 63.4 cm³/mol. The fraction of sp³-hybridized carbons (Fsp3) is 0.846. The average Bonchev–Trinajstić information content (AvgIpc) is 2.17. The van der Waals surface area contributed by atoms with Crippen molar-refractivity contribution in [2.75, 3.05) is 6.61 Å². The second kappa shape index (κ2) is 10.8. The van der Waals surface area contributed by atoms with Gasteiger partial charge in [0.25, 0.3) is 0 Å². The lowest BCUT2D eigenvalue weighted by molar-refractivity contribution is 0.257. The molecular formula is C13H26O. The van der Waals surface area contributed by atoms with Crippen LogP contribution >= 0.6 is 0 Å². The first-order valence-electron chi connectivity index (χ1n) is 6.07. The van der Waals surface area contributed by atoms with Crippen molar-refractivity contribution in [3.63, 3.8) is 0 Å². The van der Waals surface area contributed by atoms with Gasteiger partial charge < -0.3 is 5.11 Å². The lowest BCUT2D eigenvalue weighted by Crippen LogP contribution is -1.97. The normalized spacial score (nSPS) is 13.6. The third kappa shape index (κ3) is 9.79. The van der Waals surface area contributed by atoms with Crippen LogP contribution in [0.3, 0.4) is 0 Å². The molecule has 1 nitrogen and oxygen atoms in total. The fourth-order valence-electron chi connectivity index (χ4n) is 1.52. The van der Waals surface area contributed by atoms with Crippen molar-refractivity contribution in [3.8, 4) is 0 Å². The van der Waals surface area contributed by atoms with E-state index in [0.717, 1.165) is 6.42 Å². The summed E-state index contributed by atoms with van der Waals surface area (Å²) in [6.07, 6.45) is 13.1. The molecule has 0 aromatic heterocycles. The second-order valence-electron chi connectivity index (χ2n) is 4.16. The maximum absolute atomic E-state index is 8.73. The summed E-state index contributed by atoms with van der Waals surface area (Å²) in [6.45, 7) is 4.78. The van der Waals surface area contributed by atoms with E-state index >= 15 is 0 Å². The van der Waals surface area contributed by atoms with E-state index in [1.807, 2.05) is 0 Å². The third-order valence-electron chi connectivity index (χ3n) is 2.56. The second-order valence-corrected chi connectivity index (χ2v) is 4.16. The van der Waals surface area contributed by atoms with Gasteiger partial charge in [-0.25, -0.2) is 0 Å². The minimum absolute atomic E-state index is 0.345. The molecular weight excluding hydrogens is 172 g/mol. The van der Waals surface area contributed by atoms with Crippen LogP contribution in [0.25, 0.3) is 0 Å². The van der Waals surface area contributed by atoms with Gasteiger partial charge in [0.05, 0.1) is 0 Å². The highest BCUT2D eigenvalue weighted by Crippen LogP contribution is 2.12. The Balaban J connectivity index is 3.12. The first-order chi connectivity index (χ1) is 6.81. The molecule has 1 atom stereocenters. The van der Waals surface area contributed by atoms with Gasteiger partial charge in [-0.1, -0.05) is 45.3 Å². The molecule has 1 heteroatoms. The van der Waals surface area contributed by atoms with Crippen LogP contribution in [-0.4, -0.2) is 11.7 Å². The number of allylic oxidation sites excluding steroid dienone is 2. The van der Waals surface area contributed by atoms with Crippen LogP contribution in [0.5, 0.6) is 0 Å². The molecule has 0 heterocycles. The summed E-state index contributed by atoms with van der Waals surface area (Å²) in [4.78, 5) is 0. The highest BCUT2D eigenvalue weighted by atomic mass is 16.3. The van der Waals surface area contributed by atoms with Crippen molar-refractivity contribution < 1.29 is 5.11 Å². The monoisotopic (exact) mass is 198 g/mol. The average molecular weight is 198 g/mol. The molecule has 0 radical (unpaired) electrons. The summed E-state index contributed by atoms with van der Waals surface area (Å²) in [7, 11) is 0. The Kier molecular flexibility index (Phi) is 10.5. The van der Waals surface area contributed by atoms with Crippen LogP contribution in [0.2, 0.25) is 0 Å².